The summed E-state index contributed by atoms with van der Waals surface area (Å²) >= 11 is 1.65. The molecular weight excluding hydrogens is 320 g/mol. The molecule has 4 saturated carbocycles. The van der Waals surface area contributed by atoms with E-state index < -0.39 is 5.60 Å². The van der Waals surface area contributed by atoms with Crippen molar-refractivity contribution >= 4 is 33.1 Å². The molecule has 4 aliphatic rings. The van der Waals surface area contributed by atoms with Crippen LogP contribution in [0, 0.1) is 24.2 Å². The van der Waals surface area contributed by atoms with Gasteiger partial charge in [-0.25, -0.2) is 4.98 Å². The van der Waals surface area contributed by atoms with Crippen LogP contribution in [0.2, 0.25) is 0 Å². The van der Waals surface area contributed by atoms with E-state index in [-0.39, 0.29) is 11.3 Å². The first kappa shape index (κ1) is 14.8. The van der Waals surface area contributed by atoms with Gasteiger partial charge in [0.1, 0.15) is 0 Å². The highest BCUT2D eigenvalue weighted by Crippen LogP contribution is 2.61. The first-order chi connectivity index (χ1) is 11.4. The highest BCUT2D eigenvalue weighted by molar-refractivity contribution is 7.18. The summed E-state index contributed by atoms with van der Waals surface area (Å²) in [7, 11) is 0. The molecule has 24 heavy (non-hydrogen) atoms. The topological polar surface area (TPSA) is 62.2 Å². The number of benzene rings is 1. The maximum atomic E-state index is 13.1. The van der Waals surface area contributed by atoms with Gasteiger partial charge in [-0.2, -0.15) is 0 Å². The molecule has 6 rings (SSSR count). The number of rotatable bonds is 2. The van der Waals surface area contributed by atoms with Gasteiger partial charge in [0, 0.05) is 5.69 Å². The van der Waals surface area contributed by atoms with Gasteiger partial charge in [-0.05, 0) is 75.5 Å². The average Bonchev–Trinajstić information content (AvgIpc) is 2.84. The number of nitrogens with zero attached hydrogens (tertiary/aromatic N) is 1. The summed E-state index contributed by atoms with van der Waals surface area (Å²) in [6.45, 7) is 2.00. The minimum absolute atomic E-state index is 0.107. The van der Waals surface area contributed by atoms with E-state index in [0.717, 1.165) is 46.6 Å². The highest BCUT2D eigenvalue weighted by Gasteiger charge is 2.60. The van der Waals surface area contributed by atoms with E-state index in [0.29, 0.717) is 18.3 Å². The molecule has 1 heterocycles. The molecule has 0 spiro atoms. The molecule has 2 N–H and O–H groups in total. The van der Waals surface area contributed by atoms with Crippen LogP contribution in [-0.4, -0.2) is 21.6 Å². The summed E-state index contributed by atoms with van der Waals surface area (Å²) in [5.41, 5.74) is 0.871. The van der Waals surface area contributed by atoms with E-state index in [9.17, 15) is 9.90 Å². The zero-order chi connectivity index (χ0) is 16.5. The summed E-state index contributed by atoms with van der Waals surface area (Å²) in [5, 5.41) is 15.0. The number of hydrogen-bond donors (Lipinski definition) is 2. The highest BCUT2D eigenvalue weighted by atomic mass is 32.1. The quantitative estimate of drug-likeness (QED) is 0.871. The number of aliphatic hydroxyl groups is 1. The number of amides is 1. The average molecular weight is 342 g/mol. The van der Waals surface area contributed by atoms with Crippen LogP contribution in [0.4, 0.5) is 5.69 Å². The second-order valence-corrected chi connectivity index (χ2v) is 9.57. The molecule has 4 bridgehead atoms. The molecule has 4 atom stereocenters. The van der Waals surface area contributed by atoms with Crippen molar-refractivity contribution < 1.29 is 9.90 Å². The number of anilines is 1. The van der Waals surface area contributed by atoms with Crippen LogP contribution < -0.4 is 5.32 Å². The number of carbonyl (C=O) groups excluding carboxylic acids is 1. The molecule has 1 aromatic carbocycles. The van der Waals surface area contributed by atoms with Crippen LogP contribution >= 0.6 is 11.3 Å². The fourth-order valence-electron chi connectivity index (χ4n) is 5.86. The van der Waals surface area contributed by atoms with Gasteiger partial charge in [-0.1, -0.05) is 0 Å². The van der Waals surface area contributed by atoms with Crippen molar-refractivity contribution in [2.75, 3.05) is 5.32 Å². The smallest absolute Gasteiger partial charge is 0.230 e. The van der Waals surface area contributed by atoms with Gasteiger partial charge in [0.25, 0.3) is 0 Å². The Morgan fingerprint density at radius 2 is 2.04 bits per heavy atom. The third-order valence-electron chi connectivity index (χ3n) is 6.27. The Morgan fingerprint density at radius 3 is 2.75 bits per heavy atom. The van der Waals surface area contributed by atoms with E-state index >= 15 is 0 Å². The molecule has 0 saturated heterocycles. The summed E-state index contributed by atoms with van der Waals surface area (Å²) in [5.74, 6) is 1.15. The molecule has 4 nitrogen and oxygen atoms in total. The van der Waals surface area contributed by atoms with Crippen molar-refractivity contribution in [3.63, 3.8) is 0 Å². The lowest BCUT2D eigenvalue weighted by Crippen LogP contribution is -2.59. The lowest BCUT2D eigenvalue weighted by atomic mass is 9.47. The molecule has 1 aromatic heterocycles. The lowest BCUT2D eigenvalue weighted by molar-refractivity contribution is -0.174. The molecule has 1 amide bonds. The largest absolute Gasteiger partial charge is 0.390 e. The van der Waals surface area contributed by atoms with Gasteiger partial charge >= 0.3 is 0 Å². The second kappa shape index (κ2) is 4.79. The molecule has 126 valence electrons. The number of fused-ring (bicyclic) bond motifs is 1. The Balaban J connectivity index is 1.43. The molecule has 2 aromatic rings. The molecule has 4 fully saturated rings. The zero-order valence-corrected chi connectivity index (χ0v) is 14.7. The van der Waals surface area contributed by atoms with Crippen molar-refractivity contribution in [3.8, 4) is 0 Å². The van der Waals surface area contributed by atoms with Crippen molar-refractivity contribution in [2.45, 2.75) is 51.0 Å². The molecule has 4 aliphatic carbocycles. The Labute approximate surface area is 145 Å². The number of nitrogens with one attached hydrogen (secondary N) is 1. The van der Waals surface area contributed by atoms with Crippen LogP contribution in [0.3, 0.4) is 0 Å². The fraction of sp³-hybridized carbons (Fsp3) is 0.579. The number of aromatic nitrogens is 1. The van der Waals surface area contributed by atoms with Gasteiger partial charge in [0.15, 0.2) is 0 Å². The van der Waals surface area contributed by atoms with Crippen molar-refractivity contribution in [2.24, 2.45) is 17.3 Å². The second-order valence-electron chi connectivity index (χ2n) is 8.34. The molecule has 5 heteroatoms. The summed E-state index contributed by atoms with van der Waals surface area (Å²) < 4.78 is 1.11. The van der Waals surface area contributed by atoms with Crippen LogP contribution in [-0.2, 0) is 4.79 Å². The minimum Gasteiger partial charge on any atom is -0.390 e. The first-order valence-electron chi connectivity index (χ1n) is 8.84. The third-order valence-corrected chi connectivity index (χ3v) is 7.20. The number of carbonyl (C=O) groups is 1. The molecule has 2 unspecified atom stereocenters. The van der Waals surface area contributed by atoms with Crippen molar-refractivity contribution in [1.29, 1.82) is 0 Å². The number of thiazole rings is 1. The molecular formula is C19H22N2O2S. The van der Waals surface area contributed by atoms with Gasteiger partial charge in [-0.3, -0.25) is 4.79 Å². The van der Waals surface area contributed by atoms with Crippen LogP contribution in [0.25, 0.3) is 10.2 Å². The summed E-state index contributed by atoms with van der Waals surface area (Å²) in [6.07, 6.45) is 5.51. The van der Waals surface area contributed by atoms with E-state index in [2.05, 4.69) is 10.3 Å². The lowest BCUT2D eigenvalue weighted by Gasteiger charge is -2.59. The third kappa shape index (κ3) is 2.21. The normalized spacial score (nSPS) is 37.1. The zero-order valence-electron chi connectivity index (χ0n) is 13.8. The van der Waals surface area contributed by atoms with Gasteiger partial charge in [0.2, 0.25) is 5.91 Å². The fourth-order valence-corrected chi connectivity index (χ4v) is 6.73. The monoisotopic (exact) mass is 342 g/mol. The minimum atomic E-state index is -0.597. The van der Waals surface area contributed by atoms with Crippen LogP contribution in [0.5, 0.6) is 0 Å². The first-order valence-corrected chi connectivity index (χ1v) is 9.66. The molecule has 0 radical (unpaired) electrons. The van der Waals surface area contributed by atoms with E-state index in [1.165, 1.54) is 6.42 Å². The predicted octanol–water partition coefficient (Wildman–Crippen LogP) is 3.87. The van der Waals surface area contributed by atoms with Crippen molar-refractivity contribution in [1.82, 2.24) is 4.98 Å². The summed E-state index contributed by atoms with van der Waals surface area (Å²) in [4.78, 5) is 17.6. The Kier molecular flexibility index (Phi) is 2.97. The molecule has 0 aliphatic heterocycles. The van der Waals surface area contributed by atoms with Crippen LogP contribution in [0.1, 0.15) is 43.5 Å². The van der Waals surface area contributed by atoms with Crippen LogP contribution in [0.15, 0.2) is 18.2 Å². The van der Waals surface area contributed by atoms with Gasteiger partial charge in [0.05, 0.1) is 26.2 Å². The van der Waals surface area contributed by atoms with E-state index in [4.69, 9.17) is 0 Å². The number of hydrogen-bond acceptors (Lipinski definition) is 4. The van der Waals surface area contributed by atoms with Crippen molar-refractivity contribution in [3.05, 3.63) is 23.2 Å². The predicted molar refractivity (Wildman–Crippen MR) is 95.1 cm³/mol. The van der Waals surface area contributed by atoms with E-state index in [1.807, 2.05) is 25.1 Å². The maximum Gasteiger partial charge on any atom is 0.230 e. The van der Waals surface area contributed by atoms with E-state index in [1.54, 1.807) is 11.3 Å². The summed E-state index contributed by atoms with van der Waals surface area (Å²) in [6, 6.07) is 5.93. The Hall–Kier alpha value is -1.46. The van der Waals surface area contributed by atoms with Gasteiger partial charge < -0.3 is 10.4 Å². The Morgan fingerprint density at radius 1 is 1.29 bits per heavy atom. The maximum absolute atomic E-state index is 13.1. The Bertz CT molecular complexity index is 829. The standard InChI is InChI=1S/C19H22N2O2S/c1-11-20-15-3-2-14(5-16(15)24-11)21-17(22)18-6-12-4-13(7-18)9-19(23,8-12)10-18/h2-3,5,12-13,23H,4,6-10H2,1H3,(H,21,22)/t12-,13+,18?,19?. The number of aryl methyl sites for hydroxylation is 1. The SMILES string of the molecule is Cc1nc2ccc(NC(=O)C34C[C@@H]5C[C@@H](CC(O)(C5)C3)C4)cc2s1. The van der Waals surface area contributed by atoms with Gasteiger partial charge in [-0.15, -0.1) is 11.3 Å².